The number of thiocarbonyl (C=S) groups is 1. The number of hydrogen-bond acceptors (Lipinski definition) is 1. The molecule has 0 saturated carbocycles. The summed E-state index contributed by atoms with van der Waals surface area (Å²) >= 11 is 4.88. The fourth-order valence-electron chi connectivity index (χ4n) is 1.57. The van der Waals surface area contributed by atoms with E-state index in [0.29, 0.717) is 11.8 Å². The second kappa shape index (κ2) is 5.58. The molecule has 0 radical (unpaired) electrons. The number of aryl methyl sites for hydroxylation is 1. The number of rotatable bonds is 2. The molecule has 0 bridgehead atoms. The van der Waals surface area contributed by atoms with Gasteiger partial charge in [0, 0.05) is 5.69 Å². The van der Waals surface area contributed by atoms with Crippen LogP contribution in [0.2, 0.25) is 0 Å². The third-order valence-corrected chi connectivity index (χ3v) is 2.98. The minimum absolute atomic E-state index is 0.232. The van der Waals surface area contributed by atoms with Crippen LogP contribution in [0.4, 0.5) is 23.2 Å². The van der Waals surface area contributed by atoms with Gasteiger partial charge >= 0.3 is 0 Å². The molecule has 2 rings (SSSR count). The standard InChI is InChI=1S/C14H9F4NS/c1-7-2-4-8(5-3-7)19-14(20)9-6-10(15)12(17)13(18)11(9)16/h2-6H,1H3,(H,19,20). The molecule has 104 valence electrons. The topological polar surface area (TPSA) is 12.0 Å². The first-order valence-corrected chi connectivity index (χ1v) is 6.02. The minimum atomic E-state index is -1.88. The summed E-state index contributed by atoms with van der Waals surface area (Å²) < 4.78 is 52.6. The van der Waals surface area contributed by atoms with Gasteiger partial charge in [-0.1, -0.05) is 29.9 Å². The normalized spacial score (nSPS) is 10.4. The van der Waals surface area contributed by atoms with Crippen LogP contribution < -0.4 is 5.32 Å². The average Bonchev–Trinajstić information content (AvgIpc) is 2.43. The number of nitrogens with one attached hydrogen (secondary N) is 1. The summed E-state index contributed by atoms with van der Waals surface area (Å²) in [5.41, 5.74) is 1.01. The van der Waals surface area contributed by atoms with Crippen LogP contribution in [0.25, 0.3) is 0 Å². The van der Waals surface area contributed by atoms with Crippen molar-refractivity contribution in [2.45, 2.75) is 6.92 Å². The van der Waals surface area contributed by atoms with Crippen molar-refractivity contribution in [3.8, 4) is 0 Å². The smallest absolute Gasteiger partial charge is 0.198 e. The van der Waals surface area contributed by atoms with Gasteiger partial charge in [0.1, 0.15) is 4.99 Å². The van der Waals surface area contributed by atoms with E-state index in [-0.39, 0.29) is 4.99 Å². The highest BCUT2D eigenvalue weighted by Gasteiger charge is 2.21. The molecule has 20 heavy (non-hydrogen) atoms. The molecule has 6 heteroatoms. The van der Waals surface area contributed by atoms with Gasteiger partial charge in [-0.15, -0.1) is 0 Å². The summed E-state index contributed by atoms with van der Waals surface area (Å²) in [5.74, 6) is -6.75. The number of benzene rings is 2. The van der Waals surface area contributed by atoms with Gasteiger partial charge in [-0.3, -0.25) is 0 Å². The number of halogens is 4. The van der Waals surface area contributed by atoms with E-state index in [1.54, 1.807) is 24.3 Å². The molecule has 0 aliphatic heterocycles. The summed E-state index contributed by atoms with van der Waals surface area (Å²) in [6.45, 7) is 1.88. The van der Waals surface area contributed by atoms with E-state index in [9.17, 15) is 17.6 Å². The maximum atomic E-state index is 13.6. The molecular weight excluding hydrogens is 290 g/mol. The summed E-state index contributed by atoms with van der Waals surface area (Å²) in [6.07, 6.45) is 0. The second-order valence-corrected chi connectivity index (χ2v) is 4.58. The summed E-state index contributed by atoms with van der Waals surface area (Å²) in [7, 11) is 0. The zero-order valence-corrected chi connectivity index (χ0v) is 11.1. The lowest BCUT2D eigenvalue weighted by atomic mass is 10.1. The Balaban J connectivity index is 2.32. The van der Waals surface area contributed by atoms with E-state index in [1.165, 1.54) is 0 Å². The van der Waals surface area contributed by atoms with Crippen molar-refractivity contribution < 1.29 is 17.6 Å². The summed E-state index contributed by atoms with van der Waals surface area (Å²) in [4.78, 5) is -0.232. The molecule has 0 heterocycles. The number of hydrogen-bond donors (Lipinski definition) is 1. The minimum Gasteiger partial charge on any atom is -0.346 e. The molecule has 2 aromatic rings. The van der Waals surface area contributed by atoms with E-state index in [0.717, 1.165) is 5.56 Å². The Kier molecular flexibility index (Phi) is 4.04. The molecule has 0 saturated heterocycles. The van der Waals surface area contributed by atoms with E-state index in [1.807, 2.05) is 6.92 Å². The van der Waals surface area contributed by atoms with Gasteiger partial charge in [0.25, 0.3) is 0 Å². The Bertz CT molecular complexity index is 668. The molecule has 1 nitrogen and oxygen atoms in total. The van der Waals surface area contributed by atoms with Crippen LogP contribution in [0.15, 0.2) is 30.3 Å². The lowest BCUT2D eigenvalue weighted by Gasteiger charge is -2.10. The van der Waals surface area contributed by atoms with Gasteiger partial charge < -0.3 is 5.32 Å². The molecular formula is C14H9F4NS. The molecule has 1 N–H and O–H groups in total. The first-order chi connectivity index (χ1) is 9.40. The molecule has 0 aromatic heterocycles. The average molecular weight is 299 g/mol. The Labute approximate surface area is 118 Å². The maximum Gasteiger partial charge on any atom is 0.198 e. The molecule has 0 amide bonds. The van der Waals surface area contributed by atoms with Gasteiger partial charge in [-0.05, 0) is 25.1 Å². The Morgan fingerprint density at radius 1 is 0.950 bits per heavy atom. The van der Waals surface area contributed by atoms with Crippen LogP contribution in [0.3, 0.4) is 0 Å². The van der Waals surface area contributed by atoms with Gasteiger partial charge in [-0.25, -0.2) is 17.6 Å². The van der Waals surface area contributed by atoms with Crippen LogP contribution in [-0.4, -0.2) is 4.99 Å². The van der Waals surface area contributed by atoms with Crippen molar-refractivity contribution in [3.05, 3.63) is 64.7 Å². The quantitative estimate of drug-likeness (QED) is 0.383. The van der Waals surface area contributed by atoms with E-state index in [4.69, 9.17) is 12.2 Å². The first kappa shape index (κ1) is 14.5. The third-order valence-electron chi connectivity index (χ3n) is 2.66. The SMILES string of the molecule is Cc1ccc(NC(=S)c2cc(F)c(F)c(F)c2F)cc1. The van der Waals surface area contributed by atoms with E-state index >= 15 is 0 Å². The monoisotopic (exact) mass is 299 g/mol. The van der Waals surface area contributed by atoms with Gasteiger partial charge in [0.15, 0.2) is 23.3 Å². The highest BCUT2D eigenvalue weighted by atomic mass is 32.1. The van der Waals surface area contributed by atoms with Gasteiger partial charge in [0.05, 0.1) is 5.56 Å². The first-order valence-electron chi connectivity index (χ1n) is 5.61. The number of anilines is 1. The predicted octanol–water partition coefficient (Wildman–Crippen LogP) is 4.34. The molecule has 0 atom stereocenters. The highest BCUT2D eigenvalue weighted by Crippen LogP contribution is 2.20. The third kappa shape index (κ3) is 2.80. The molecule has 0 spiro atoms. The zero-order chi connectivity index (χ0) is 14.9. The summed E-state index contributed by atoms with van der Waals surface area (Å²) in [6, 6.07) is 7.45. The molecule has 0 fully saturated rings. The van der Waals surface area contributed by atoms with Crippen molar-refractivity contribution in [1.29, 1.82) is 0 Å². The Hall–Kier alpha value is -1.95. The summed E-state index contributed by atoms with van der Waals surface area (Å²) in [5, 5.41) is 2.64. The molecule has 0 unspecified atom stereocenters. The van der Waals surface area contributed by atoms with Crippen LogP contribution in [0.5, 0.6) is 0 Å². The van der Waals surface area contributed by atoms with Gasteiger partial charge in [0.2, 0.25) is 0 Å². The van der Waals surface area contributed by atoms with Crippen molar-refractivity contribution in [2.24, 2.45) is 0 Å². The predicted molar refractivity (Wildman–Crippen MR) is 72.8 cm³/mol. The lowest BCUT2D eigenvalue weighted by Crippen LogP contribution is -2.15. The fourth-order valence-corrected chi connectivity index (χ4v) is 1.84. The van der Waals surface area contributed by atoms with Crippen molar-refractivity contribution in [3.63, 3.8) is 0 Å². The lowest BCUT2D eigenvalue weighted by molar-refractivity contribution is 0.408. The highest BCUT2D eigenvalue weighted by molar-refractivity contribution is 7.81. The van der Waals surface area contributed by atoms with Crippen LogP contribution >= 0.6 is 12.2 Å². The Morgan fingerprint density at radius 3 is 2.15 bits per heavy atom. The Morgan fingerprint density at radius 2 is 1.55 bits per heavy atom. The van der Waals surface area contributed by atoms with Crippen molar-refractivity contribution in [1.82, 2.24) is 0 Å². The molecule has 2 aromatic carbocycles. The van der Waals surface area contributed by atoms with Gasteiger partial charge in [-0.2, -0.15) is 0 Å². The van der Waals surface area contributed by atoms with E-state index in [2.05, 4.69) is 5.32 Å². The van der Waals surface area contributed by atoms with E-state index < -0.39 is 28.8 Å². The van der Waals surface area contributed by atoms with Crippen molar-refractivity contribution >= 4 is 22.9 Å². The molecule has 0 aliphatic carbocycles. The van der Waals surface area contributed by atoms with Crippen LogP contribution in [-0.2, 0) is 0 Å². The second-order valence-electron chi connectivity index (χ2n) is 4.17. The zero-order valence-electron chi connectivity index (χ0n) is 10.3. The largest absolute Gasteiger partial charge is 0.346 e. The van der Waals surface area contributed by atoms with Crippen molar-refractivity contribution in [2.75, 3.05) is 5.32 Å². The molecule has 0 aliphatic rings. The fraction of sp³-hybridized carbons (Fsp3) is 0.0714. The maximum absolute atomic E-state index is 13.6. The van der Waals surface area contributed by atoms with Crippen LogP contribution in [0, 0.1) is 30.2 Å². The van der Waals surface area contributed by atoms with Crippen LogP contribution in [0.1, 0.15) is 11.1 Å².